The molecular weight excluding hydrogens is 194 g/mol. The SMILES string of the molecule is CCOC(=O)C(=O)CCC1CCCC1N. The lowest BCUT2D eigenvalue weighted by Gasteiger charge is -2.13. The lowest BCUT2D eigenvalue weighted by Crippen LogP contribution is -2.26. The summed E-state index contributed by atoms with van der Waals surface area (Å²) in [6.07, 6.45) is 4.25. The molecule has 1 aliphatic carbocycles. The third-order valence-electron chi connectivity index (χ3n) is 2.96. The monoisotopic (exact) mass is 213 g/mol. The first kappa shape index (κ1) is 12.2. The molecule has 1 aliphatic rings. The van der Waals surface area contributed by atoms with Crippen molar-refractivity contribution in [2.45, 2.75) is 45.1 Å². The predicted molar refractivity (Wildman–Crippen MR) is 56.2 cm³/mol. The molecule has 0 aromatic carbocycles. The van der Waals surface area contributed by atoms with Gasteiger partial charge in [-0.05, 0) is 32.1 Å². The van der Waals surface area contributed by atoms with Crippen molar-refractivity contribution in [2.75, 3.05) is 6.61 Å². The normalized spacial score (nSPS) is 25.2. The molecule has 4 nitrogen and oxygen atoms in total. The van der Waals surface area contributed by atoms with Gasteiger partial charge in [-0.25, -0.2) is 4.79 Å². The van der Waals surface area contributed by atoms with Crippen LogP contribution in [0.1, 0.15) is 39.0 Å². The van der Waals surface area contributed by atoms with Crippen LogP contribution in [0.4, 0.5) is 0 Å². The molecule has 1 rings (SSSR count). The maximum absolute atomic E-state index is 11.3. The third-order valence-corrected chi connectivity index (χ3v) is 2.96. The summed E-state index contributed by atoms with van der Waals surface area (Å²) in [4.78, 5) is 22.3. The lowest BCUT2D eigenvalue weighted by molar-refractivity contribution is -0.153. The minimum absolute atomic E-state index is 0.208. The average Bonchev–Trinajstić information content (AvgIpc) is 2.61. The average molecular weight is 213 g/mol. The molecule has 1 fully saturated rings. The van der Waals surface area contributed by atoms with Crippen LogP contribution in [-0.2, 0) is 14.3 Å². The second-order valence-electron chi connectivity index (χ2n) is 4.04. The zero-order chi connectivity index (χ0) is 11.3. The van der Waals surface area contributed by atoms with Gasteiger partial charge in [0.1, 0.15) is 0 Å². The third kappa shape index (κ3) is 3.63. The highest BCUT2D eigenvalue weighted by Gasteiger charge is 2.25. The van der Waals surface area contributed by atoms with Gasteiger partial charge < -0.3 is 10.5 Å². The second-order valence-corrected chi connectivity index (χ2v) is 4.04. The van der Waals surface area contributed by atoms with Crippen LogP contribution in [0.2, 0.25) is 0 Å². The smallest absolute Gasteiger partial charge is 0.374 e. The number of Topliss-reactive ketones (excluding diaryl/α,β-unsaturated/α-hetero) is 1. The van der Waals surface area contributed by atoms with Gasteiger partial charge in [0.05, 0.1) is 6.61 Å². The molecule has 0 bridgehead atoms. The molecule has 0 saturated heterocycles. The van der Waals surface area contributed by atoms with E-state index in [1.54, 1.807) is 6.92 Å². The van der Waals surface area contributed by atoms with Gasteiger partial charge in [0, 0.05) is 12.5 Å². The lowest BCUT2D eigenvalue weighted by atomic mass is 9.97. The van der Waals surface area contributed by atoms with Gasteiger partial charge in [-0.3, -0.25) is 4.79 Å². The van der Waals surface area contributed by atoms with Crippen LogP contribution in [0, 0.1) is 5.92 Å². The number of hydrogen-bond donors (Lipinski definition) is 1. The number of esters is 1. The summed E-state index contributed by atoms with van der Waals surface area (Å²) in [6, 6.07) is 0.208. The molecule has 4 heteroatoms. The number of nitrogens with two attached hydrogens (primary N) is 1. The van der Waals surface area contributed by atoms with Crippen molar-refractivity contribution in [3.8, 4) is 0 Å². The molecule has 0 heterocycles. The van der Waals surface area contributed by atoms with Crippen LogP contribution in [0.15, 0.2) is 0 Å². The number of hydrogen-bond acceptors (Lipinski definition) is 4. The molecule has 86 valence electrons. The number of rotatable bonds is 5. The highest BCUT2D eigenvalue weighted by atomic mass is 16.5. The van der Waals surface area contributed by atoms with E-state index in [4.69, 9.17) is 5.73 Å². The Bertz CT molecular complexity index is 240. The van der Waals surface area contributed by atoms with Crippen LogP contribution in [0.5, 0.6) is 0 Å². The van der Waals surface area contributed by atoms with Crippen LogP contribution in [0.25, 0.3) is 0 Å². The fraction of sp³-hybridized carbons (Fsp3) is 0.818. The minimum atomic E-state index is -0.705. The Morgan fingerprint density at radius 2 is 2.13 bits per heavy atom. The Balaban J connectivity index is 2.24. The van der Waals surface area contributed by atoms with E-state index in [9.17, 15) is 9.59 Å². The quantitative estimate of drug-likeness (QED) is 0.547. The molecule has 2 N–H and O–H groups in total. The first-order chi connectivity index (χ1) is 7.15. The van der Waals surface area contributed by atoms with Crippen LogP contribution in [0.3, 0.4) is 0 Å². The summed E-state index contributed by atoms with van der Waals surface area (Å²) in [6.45, 7) is 1.95. The summed E-state index contributed by atoms with van der Waals surface area (Å²) < 4.78 is 4.63. The Morgan fingerprint density at radius 1 is 1.40 bits per heavy atom. The summed E-state index contributed by atoms with van der Waals surface area (Å²) >= 11 is 0. The Hall–Kier alpha value is -0.900. The van der Waals surface area contributed by atoms with Crippen LogP contribution < -0.4 is 5.73 Å². The van der Waals surface area contributed by atoms with Gasteiger partial charge >= 0.3 is 5.97 Å². The zero-order valence-electron chi connectivity index (χ0n) is 9.20. The van der Waals surface area contributed by atoms with Gasteiger partial charge in [0.25, 0.3) is 0 Å². The summed E-state index contributed by atoms with van der Waals surface area (Å²) in [5, 5.41) is 0. The molecule has 0 amide bonds. The number of ether oxygens (including phenoxy) is 1. The van der Waals surface area contributed by atoms with Gasteiger partial charge in [-0.2, -0.15) is 0 Å². The van der Waals surface area contributed by atoms with E-state index in [2.05, 4.69) is 4.74 Å². The van der Waals surface area contributed by atoms with E-state index in [0.717, 1.165) is 25.7 Å². The first-order valence-corrected chi connectivity index (χ1v) is 5.60. The van der Waals surface area contributed by atoms with E-state index < -0.39 is 11.8 Å². The van der Waals surface area contributed by atoms with Crippen molar-refractivity contribution in [3.63, 3.8) is 0 Å². The molecule has 2 unspecified atom stereocenters. The Labute approximate surface area is 90.2 Å². The molecule has 0 radical (unpaired) electrons. The zero-order valence-corrected chi connectivity index (χ0v) is 9.20. The fourth-order valence-electron chi connectivity index (χ4n) is 2.05. The molecule has 0 aromatic rings. The summed E-state index contributed by atoms with van der Waals surface area (Å²) in [5.41, 5.74) is 5.87. The maximum Gasteiger partial charge on any atom is 0.374 e. The molecular formula is C11H19NO3. The topological polar surface area (TPSA) is 69.4 Å². The standard InChI is InChI=1S/C11H19NO3/c1-2-15-11(14)10(13)7-6-8-4-3-5-9(8)12/h8-9H,2-7,12H2,1H3. The summed E-state index contributed by atoms with van der Waals surface area (Å²) in [5.74, 6) is -0.719. The fourth-order valence-corrected chi connectivity index (χ4v) is 2.05. The van der Waals surface area contributed by atoms with Gasteiger partial charge in [0.2, 0.25) is 5.78 Å². The van der Waals surface area contributed by atoms with Gasteiger partial charge in [0.15, 0.2) is 0 Å². The molecule has 1 saturated carbocycles. The predicted octanol–water partition coefficient (Wildman–Crippen LogP) is 1.03. The minimum Gasteiger partial charge on any atom is -0.460 e. The van der Waals surface area contributed by atoms with Crippen molar-refractivity contribution in [1.29, 1.82) is 0 Å². The van der Waals surface area contributed by atoms with E-state index in [-0.39, 0.29) is 19.1 Å². The van der Waals surface area contributed by atoms with Gasteiger partial charge in [-0.15, -0.1) is 0 Å². The number of carbonyl (C=O) groups is 2. The van der Waals surface area contributed by atoms with E-state index in [1.165, 1.54) is 0 Å². The largest absolute Gasteiger partial charge is 0.460 e. The molecule has 0 aromatic heterocycles. The van der Waals surface area contributed by atoms with Crippen molar-refractivity contribution < 1.29 is 14.3 Å². The molecule has 0 aliphatic heterocycles. The Morgan fingerprint density at radius 3 is 2.67 bits per heavy atom. The Kier molecular flexibility index (Phi) is 4.75. The summed E-state index contributed by atoms with van der Waals surface area (Å²) in [7, 11) is 0. The van der Waals surface area contributed by atoms with Crippen molar-refractivity contribution in [3.05, 3.63) is 0 Å². The first-order valence-electron chi connectivity index (χ1n) is 5.60. The van der Waals surface area contributed by atoms with Crippen molar-refractivity contribution in [1.82, 2.24) is 0 Å². The van der Waals surface area contributed by atoms with E-state index in [1.807, 2.05) is 0 Å². The highest BCUT2D eigenvalue weighted by Crippen LogP contribution is 2.27. The number of carbonyl (C=O) groups excluding carboxylic acids is 2. The van der Waals surface area contributed by atoms with Crippen LogP contribution >= 0.6 is 0 Å². The van der Waals surface area contributed by atoms with E-state index >= 15 is 0 Å². The van der Waals surface area contributed by atoms with Gasteiger partial charge in [-0.1, -0.05) is 6.42 Å². The number of ketones is 1. The van der Waals surface area contributed by atoms with Crippen LogP contribution in [-0.4, -0.2) is 24.4 Å². The molecule has 2 atom stereocenters. The van der Waals surface area contributed by atoms with E-state index in [0.29, 0.717) is 5.92 Å². The maximum atomic E-state index is 11.3. The highest BCUT2D eigenvalue weighted by molar-refractivity contribution is 6.33. The second kappa shape index (κ2) is 5.85. The molecule has 0 spiro atoms. The van der Waals surface area contributed by atoms with Crippen molar-refractivity contribution in [2.24, 2.45) is 11.7 Å². The van der Waals surface area contributed by atoms with Crippen molar-refractivity contribution >= 4 is 11.8 Å². The molecule has 15 heavy (non-hydrogen) atoms.